The number of benzene rings is 2. The van der Waals surface area contributed by atoms with Gasteiger partial charge in [-0.05, 0) is 30.3 Å². The number of morpholine rings is 1. The minimum Gasteiger partial charge on any atom is -0.455 e. The maximum Gasteiger partial charge on any atom is 0.340 e. The van der Waals surface area contributed by atoms with Crippen LogP contribution in [0.4, 0.5) is 15.8 Å². The van der Waals surface area contributed by atoms with Crippen LogP contribution in [0.3, 0.4) is 0 Å². The average molecular weight is 427 g/mol. The van der Waals surface area contributed by atoms with Crippen molar-refractivity contribution in [2.45, 2.75) is 6.61 Å². The second kappa shape index (κ2) is 8.92. The van der Waals surface area contributed by atoms with Gasteiger partial charge in [0.1, 0.15) is 24.4 Å². The number of rotatable bonds is 6. The maximum atomic E-state index is 13.1. The highest BCUT2D eigenvalue weighted by molar-refractivity contribution is 5.96. The second-order valence-corrected chi connectivity index (χ2v) is 6.79. The highest BCUT2D eigenvalue weighted by Crippen LogP contribution is 2.27. The van der Waals surface area contributed by atoms with Crippen molar-refractivity contribution in [2.75, 3.05) is 31.2 Å². The summed E-state index contributed by atoms with van der Waals surface area (Å²) in [6.07, 6.45) is 1.34. The molecule has 4 rings (SSSR count). The number of hydrogen-bond donors (Lipinski definition) is 0. The molecule has 10 heteroatoms. The zero-order valence-corrected chi connectivity index (χ0v) is 16.3. The number of nitro benzene ring substituents is 1. The van der Waals surface area contributed by atoms with Crippen LogP contribution in [0.2, 0.25) is 0 Å². The fourth-order valence-corrected chi connectivity index (χ4v) is 3.20. The lowest BCUT2D eigenvalue weighted by Gasteiger charge is -2.30. The third-order valence-corrected chi connectivity index (χ3v) is 4.76. The van der Waals surface area contributed by atoms with Crippen LogP contribution in [0.25, 0.3) is 11.5 Å². The molecular weight excluding hydrogens is 409 g/mol. The Labute approximate surface area is 176 Å². The van der Waals surface area contributed by atoms with Crippen LogP contribution in [0, 0.1) is 15.9 Å². The summed E-state index contributed by atoms with van der Waals surface area (Å²) in [5, 5.41) is 11.2. The number of halogens is 1. The van der Waals surface area contributed by atoms with Crippen LogP contribution in [-0.2, 0) is 16.1 Å². The molecule has 0 atom stereocenters. The topological polar surface area (TPSA) is 108 Å². The number of ether oxygens (including phenoxy) is 2. The fraction of sp³-hybridized carbons (Fsp3) is 0.238. The van der Waals surface area contributed by atoms with E-state index in [2.05, 4.69) is 4.98 Å². The van der Waals surface area contributed by atoms with Gasteiger partial charge in [0.15, 0.2) is 0 Å². The predicted molar refractivity (Wildman–Crippen MR) is 107 cm³/mol. The van der Waals surface area contributed by atoms with Crippen molar-refractivity contribution in [1.29, 1.82) is 0 Å². The van der Waals surface area contributed by atoms with Crippen LogP contribution in [0.1, 0.15) is 16.1 Å². The summed E-state index contributed by atoms with van der Waals surface area (Å²) in [5.41, 5.74) is 1.37. The first-order valence-corrected chi connectivity index (χ1v) is 9.50. The number of anilines is 1. The van der Waals surface area contributed by atoms with Gasteiger partial charge < -0.3 is 18.8 Å². The first kappa shape index (κ1) is 20.5. The molecule has 160 valence electrons. The summed E-state index contributed by atoms with van der Waals surface area (Å²) in [4.78, 5) is 29.5. The number of nitrogens with zero attached hydrogens (tertiary/aromatic N) is 3. The van der Waals surface area contributed by atoms with E-state index in [0.717, 1.165) is 0 Å². The average Bonchev–Trinajstić information content (AvgIpc) is 3.27. The largest absolute Gasteiger partial charge is 0.455 e. The Morgan fingerprint density at radius 1 is 1.19 bits per heavy atom. The van der Waals surface area contributed by atoms with E-state index in [0.29, 0.717) is 43.2 Å². The molecule has 31 heavy (non-hydrogen) atoms. The van der Waals surface area contributed by atoms with Gasteiger partial charge >= 0.3 is 5.97 Å². The number of aromatic nitrogens is 1. The number of nitro groups is 1. The molecule has 0 aliphatic carbocycles. The molecule has 1 fully saturated rings. The molecule has 1 aliphatic heterocycles. The molecule has 2 aromatic carbocycles. The molecule has 2 heterocycles. The Hall–Kier alpha value is -3.79. The Bertz CT molecular complexity index is 1090. The smallest absolute Gasteiger partial charge is 0.340 e. The molecule has 1 aromatic heterocycles. The second-order valence-electron chi connectivity index (χ2n) is 6.79. The predicted octanol–water partition coefficient (Wildman–Crippen LogP) is 3.58. The molecule has 0 saturated carbocycles. The van der Waals surface area contributed by atoms with Gasteiger partial charge in [-0.3, -0.25) is 10.1 Å². The van der Waals surface area contributed by atoms with E-state index >= 15 is 0 Å². The number of carbonyl (C=O) groups excluding carboxylic acids is 1. The van der Waals surface area contributed by atoms with Crippen LogP contribution in [0.15, 0.2) is 53.1 Å². The quantitative estimate of drug-likeness (QED) is 0.334. The number of carbonyl (C=O) groups is 1. The summed E-state index contributed by atoms with van der Waals surface area (Å²) in [6, 6.07) is 9.73. The molecule has 0 unspecified atom stereocenters. The standard InChI is InChI=1S/C21H18FN3O6/c22-15-3-1-14(2-4-15)20-23-16(12-30-20)13-31-21(26)18-11-17(25(27)28)5-6-19(18)24-7-9-29-10-8-24/h1-6,11-12H,7-10,13H2. The summed E-state index contributed by atoms with van der Waals surface area (Å²) in [6.45, 7) is 1.92. The number of esters is 1. The van der Waals surface area contributed by atoms with E-state index in [-0.39, 0.29) is 29.6 Å². The normalized spacial score (nSPS) is 13.8. The fourth-order valence-electron chi connectivity index (χ4n) is 3.20. The Morgan fingerprint density at radius 3 is 2.65 bits per heavy atom. The van der Waals surface area contributed by atoms with Crippen molar-refractivity contribution in [3.8, 4) is 11.5 Å². The molecule has 0 amide bonds. The monoisotopic (exact) mass is 427 g/mol. The molecular formula is C21H18FN3O6. The van der Waals surface area contributed by atoms with Gasteiger partial charge in [-0.15, -0.1) is 0 Å². The van der Waals surface area contributed by atoms with Gasteiger partial charge in [0.2, 0.25) is 5.89 Å². The molecule has 0 spiro atoms. The van der Waals surface area contributed by atoms with Gasteiger partial charge in [0.25, 0.3) is 5.69 Å². The summed E-state index contributed by atoms with van der Waals surface area (Å²) < 4.78 is 29.1. The lowest BCUT2D eigenvalue weighted by atomic mass is 10.1. The van der Waals surface area contributed by atoms with E-state index in [4.69, 9.17) is 13.9 Å². The van der Waals surface area contributed by atoms with Crippen LogP contribution < -0.4 is 4.90 Å². The van der Waals surface area contributed by atoms with Crippen molar-refractivity contribution in [3.63, 3.8) is 0 Å². The minimum atomic E-state index is -0.712. The maximum absolute atomic E-state index is 13.1. The van der Waals surface area contributed by atoms with Crippen molar-refractivity contribution in [3.05, 3.63) is 75.9 Å². The Kier molecular flexibility index (Phi) is 5.89. The zero-order chi connectivity index (χ0) is 21.8. The van der Waals surface area contributed by atoms with Gasteiger partial charge in [0.05, 0.1) is 29.4 Å². The van der Waals surface area contributed by atoms with Crippen molar-refractivity contribution in [2.24, 2.45) is 0 Å². The van der Waals surface area contributed by atoms with Gasteiger partial charge in [-0.1, -0.05) is 0 Å². The van der Waals surface area contributed by atoms with Crippen molar-refractivity contribution < 1.29 is 28.0 Å². The van der Waals surface area contributed by atoms with E-state index in [1.807, 2.05) is 4.90 Å². The van der Waals surface area contributed by atoms with Crippen molar-refractivity contribution in [1.82, 2.24) is 4.98 Å². The number of non-ortho nitro benzene ring substituents is 1. The van der Waals surface area contributed by atoms with Crippen LogP contribution in [-0.4, -0.2) is 42.2 Å². The Morgan fingerprint density at radius 2 is 1.94 bits per heavy atom. The third-order valence-electron chi connectivity index (χ3n) is 4.76. The molecule has 0 N–H and O–H groups in total. The lowest BCUT2D eigenvalue weighted by Crippen LogP contribution is -2.37. The summed E-state index contributed by atoms with van der Waals surface area (Å²) in [7, 11) is 0. The zero-order valence-electron chi connectivity index (χ0n) is 16.3. The molecule has 1 saturated heterocycles. The van der Waals surface area contributed by atoms with Crippen LogP contribution in [0.5, 0.6) is 0 Å². The van der Waals surface area contributed by atoms with E-state index < -0.39 is 10.9 Å². The van der Waals surface area contributed by atoms with Gasteiger partial charge in [-0.2, -0.15) is 0 Å². The molecule has 0 radical (unpaired) electrons. The Balaban J connectivity index is 1.50. The third kappa shape index (κ3) is 4.69. The van der Waals surface area contributed by atoms with Gasteiger partial charge in [-0.25, -0.2) is 14.2 Å². The summed E-state index contributed by atoms with van der Waals surface area (Å²) >= 11 is 0. The first-order chi connectivity index (χ1) is 15.0. The SMILES string of the molecule is O=C(OCc1coc(-c2ccc(F)cc2)n1)c1cc([N+](=O)[O-])ccc1N1CCOCC1. The summed E-state index contributed by atoms with van der Waals surface area (Å²) in [5.74, 6) is -0.829. The number of hydrogen-bond acceptors (Lipinski definition) is 8. The minimum absolute atomic E-state index is 0.0957. The molecule has 0 bridgehead atoms. The molecule has 3 aromatic rings. The van der Waals surface area contributed by atoms with Gasteiger partial charge in [0, 0.05) is 30.8 Å². The van der Waals surface area contributed by atoms with E-state index in [9.17, 15) is 19.3 Å². The van der Waals surface area contributed by atoms with E-state index in [1.54, 1.807) is 6.07 Å². The number of oxazole rings is 1. The lowest BCUT2D eigenvalue weighted by molar-refractivity contribution is -0.384. The molecule has 9 nitrogen and oxygen atoms in total. The first-order valence-electron chi connectivity index (χ1n) is 9.50. The van der Waals surface area contributed by atoms with E-state index in [1.165, 1.54) is 42.7 Å². The molecule has 1 aliphatic rings. The highest BCUT2D eigenvalue weighted by Gasteiger charge is 2.23. The highest BCUT2D eigenvalue weighted by atomic mass is 19.1. The van der Waals surface area contributed by atoms with Crippen LogP contribution >= 0.6 is 0 Å². The van der Waals surface area contributed by atoms with Crippen molar-refractivity contribution >= 4 is 17.3 Å².